The topological polar surface area (TPSA) is 79.7 Å². The van der Waals surface area contributed by atoms with Gasteiger partial charge in [0.2, 0.25) is 0 Å². The molecule has 2 atom stereocenters. The van der Waals surface area contributed by atoms with Gasteiger partial charge < -0.3 is 4.98 Å². The molecule has 2 fully saturated rings. The van der Waals surface area contributed by atoms with Crippen LogP contribution in [-0.2, 0) is 0 Å². The first-order chi connectivity index (χ1) is 14.6. The second-order valence-corrected chi connectivity index (χ2v) is 9.16. The van der Waals surface area contributed by atoms with Crippen LogP contribution >= 0.6 is 0 Å². The molecule has 1 aliphatic carbocycles. The number of aromatic amines is 1. The third-order valence-electron chi connectivity index (χ3n) is 6.90. The molecule has 1 saturated heterocycles. The number of aryl methyl sites for hydroxylation is 1. The number of hydrogen-bond donors (Lipinski definition) is 1. The lowest BCUT2D eigenvalue weighted by atomic mass is 9.95. The largest absolute Gasteiger partial charge is 0.321 e. The lowest BCUT2D eigenvalue weighted by Crippen LogP contribution is -2.41. The first kappa shape index (κ1) is 19.4. The molecule has 2 aromatic heterocycles. The molecule has 7 heteroatoms. The van der Waals surface area contributed by atoms with Crippen LogP contribution in [0.2, 0.25) is 0 Å². The minimum Gasteiger partial charge on any atom is -0.321 e. The molecule has 1 N–H and O–H groups in total. The summed E-state index contributed by atoms with van der Waals surface area (Å²) >= 11 is 0. The van der Waals surface area contributed by atoms with Gasteiger partial charge in [-0.2, -0.15) is 0 Å². The summed E-state index contributed by atoms with van der Waals surface area (Å²) in [4.78, 5) is 18.9. The number of piperidine rings is 1. The Morgan fingerprint density at radius 3 is 2.80 bits per heavy atom. The smallest absolute Gasteiger partial charge is 0.253 e. The van der Waals surface area contributed by atoms with Gasteiger partial charge in [0.25, 0.3) is 5.56 Å². The molecule has 1 aromatic carbocycles. The predicted octanol–water partition coefficient (Wildman–Crippen LogP) is 3.76. The highest BCUT2D eigenvalue weighted by molar-refractivity contribution is 5.82. The Bertz CT molecular complexity index is 1100. The van der Waals surface area contributed by atoms with Crippen molar-refractivity contribution >= 4 is 10.9 Å². The third kappa shape index (κ3) is 3.45. The highest BCUT2D eigenvalue weighted by atomic mass is 16.1. The van der Waals surface area contributed by atoms with Crippen molar-refractivity contribution in [2.75, 3.05) is 13.1 Å². The zero-order valence-electron chi connectivity index (χ0n) is 17.8. The van der Waals surface area contributed by atoms with E-state index in [1.165, 1.54) is 19.3 Å². The van der Waals surface area contributed by atoms with Gasteiger partial charge in [-0.05, 0) is 72.5 Å². The standard InChI is InChI=1S/C23H30N6O/c1-15-7-6-12-28(14-15)21(22-25-26-27-29(22)18-10-3-4-11-18)19-13-17-9-5-8-16(2)20(17)24-23(19)30/h5,8-9,13,15,18,21H,3-4,6-7,10-12,14H2,1-2H3,(H,24,30)/t15-,21-/m1/s1. The van der Waals surface area contributed by atoms with Crippen molar-refractivity contribution < 1.29 is 0 Å². The average Bonchev–Trinajstić information content (AvgIpc) is 3.41. The Balaban J connectivity index is 1.66. The number of aromatic nitrogens is 5. The molecule has 0 spiro atoms. The molecule has 5 rings (SSSR count). The van der Waals surface area contributed by atoms with Gasteiger partial charge in [0, 0.05) is 12.1 Å². The van der Waals surface area contributed by atoms with Gasteiger partial charge in [0.1, 0.15) is 6.04 Å². The van der Waals surface area contributed by atoms with Crippen LogP contribution in [0.1, 0.15) is 74.5 Å². The molecule has 3 aromatic rings. The Hall–Kier alpha value is -2.54. The number of fused-ring (bicyclic) bond motifs is 1. The van der Waals surface area contributed by atoms with Gasteiger partial charge in [-0.1, -0.05) is 38.0 Å². The van der Waals surface area contributed by atoms with Gasteiger partial charge in [0.15, 0.2) is 5.82 Å². The molecule has 7 nitrogen and oxygen atoms in total. The minimum atomic E-state index is -0.225. The second-order valence-electron chi connectivity index (χ2n) is 9.16. The van der Waals surface area contributed by atoms with Crippen molar-refractivity contribution in [3.05, 3.63) is 51.6 Å². The number of benzene rings is 1. The Kier molecular flexibility index (Phi) is 5.15. The summed E-state index contributed by atoms with van der Waals surface area (Å²) in [5.41, 5.74) is 2.69. The van der Waals surface area contributed by atoms with Gasteiger partial charge in [-0.3, -0.25) is 9.69 Å². The zero-order chi connectivity index (χ0) is 20.7. The summed E-state index contributed by atoms with van der Waals surface area (Å²) in [6, 6.07) is 8.30. The molecule has 0 amide bonds. The summed E-state index contributed by atoms with van der Waals surface area (Å²) in [6.45, 7) is 6.23. The van der Waals surface area contributed by atoms with E-state index in [9.17, 15) is 4.79 Å². The normalized spacial score (nSPS) is 22.0. The summed E-state index contributed by atoms with van der Waals surface area (Å²) < 4.78 is 2.01. The fourth-order valence-electron chi connectivity index (χ4n) is 5.35. The molecule has 1 saturated carbocycles. The second kappa shape index (κ2) is 7.95. The number of rotatable bonds is 4. The van der Waals surface area contributed by atoms with Crippen LogP contribution in [0.15, 0.2) is 29.1 Å². The molecule has 30 heavy (non-hydrogen) atoms. The number of tetrazole rings is 1. The number of hydrogen-bond acceptors (Lipinski definition) is 5. The van der Waals surface area contributed by atoms with Crippen molar-refractivity contribution in [3.63, 3.8) is 0 Å². The quantitative estimate of drug-likeness (QED) is 0.714. The first-order valence-electron chi connectivity index (χ1n) is 11.3. The molecule has 158 valence electrons. The highest BCUT2D eigenvalue weighted by Gasteiger charge is 2.34. The van der Waals surface area contributed by atoms with E-state index in [1.807, 2.05) is 23.7 Å². The van der Waals surface area contributed by atoms with Crippen LogP contribution in [0.3, 0.4) is 0 Å². The molecule has 0 radical (unpaired) electrons. The van der Waals surface area contributed by atoms with E-state index in [1.54, 1.807) is 0 Å². The summed E-state index contributed by atoms with van der Waals surface area (Å²) in [7, 11) is 0. The highest BCUT2D eigenvalue weighted by Crippen LogP contribution is 2.35. The molecular formula is C23H30N6O. The van der Waals surface area contributed by atoms with Crippen molar-refractivity contribution in [1.82, 2.24) is 30.1 Å². The van der Waals surface area contributed by atoms with E-state index in [0.717, 1.165) is 60.2 Å². The number of nitrogens with zero attached hydrogens (tertiary/aromatic N) is 5. The summed E-state index contributed by atoms with van der Waals surface area (Å²) in [5, 5.41) is 14.0. The summed E-state index contributed by atoms with van der Waals surface area (Å²) in [6.07, 6.45) is 7.00. The van der Waals surface area contributed by atoms with Gasteiger partial charge >= 0.3 is 0 Å². The van der Waals surface area contributed by atoms with Crippen LogP contribution in [0.5, 0.6) is 0 Å². The molecule has 0 unspecified atom stereocenters. The molecule has 2 aliphatic rings. The maximum atomic E-state index is 13.3. The number of H-pyrrole nitrogens is 1. The fraction of sp³-hybridized carbons (Fsp3) is 0.565. The van der Waals surface area contributed by atoms with E-state index in [0.29, 0.717) is 12.0 Å². The van der Waals surface area contributed by atoms with Gasteiger partial charge in [-0.15, -0.1) is 5.10 Å². The van der Waals surface area contributed by atoms with E-state index < -0.39 is 0 Å². The van der Waals surface area contributed by atoms with E-state index in [-0.39, 0.29) is 11.6 Å². The monoisotopic (exact) mass is 406 g/mol. The van der Waals surface area contributed by atoms with Crippen LogP contribution in [-0.4, -0.2) is 43.2 Å². The minimum absolute atomic E-state index is 0.0407. The number of likely N-dealkylation sites (tertiary alicyclic amines) is 1. The first-order valence-corrected chi connectivity index (χ1v) is 11.3. The van der Waals surface area contributed by atoms with E-state index >= 15 is 0 Å². The lowest BCUT2D eigenvalue weighted by Gasteiger charge is -2.36. The molecule has 1 aliphatic heterocycles. The van der Waals surface area contributed by atoms with Crippen molar-refractivity contribution in [1.29, 1.82) is 0 Å². The Labute approximate surface area is 176 Å². The maximum absolute atomic E-state index is 13.3. The molecule has 3 heterocycles. The van der Waals surface area contributed by atoms with Crippen LogP contribution in [0.4, 0.5) is 0 Å². The average molecular weight is 407 g/mol. The van der Waals surface area contributed by atoms with Gasteiger partial charge in [0.05, 0.1) is 11.6 Å². The van der Waals surface area contributed by atoms with Crippen molar-refractivity contribution in [2.24, 2.45) is 5.92 Å². The number of pyridine rings is 1. The Morgan fingerprint density at radius 2 is 2.00 bits per heavy atom. The van der Waals surface area contributed by atoms with Crippen molar-refractivity contribution in [2.45, 2.75) is 64.5 Å². The number of para-hydroxylation sites is 1. The lowest BCUT2D eigenvalue weighted by molar-refractivity contribution is 0.139. The van der Waals surface area contributed by atoms with Crippen LogP contribution < -0.4 is 5.56 Å². The fourth-order valence-corrected chi connectivity index (χ4v) is 5.35. The van der Waals surface area contributed by atoms with Crippen LogP contribution in [0.25, 0.3) is 10.9 Å². The molecular weight excluding hydrogens is 376 g/mol. The number of nitrogens with one attached hydrogen (secondary N) is 1. The predicted molar refractivity (Wildman–Crippen MR) is 116 cm³/mol. The molecule has 0 bridgehead atoms. The van der Waals surface area contributed by atoms with E-state index in [2.05, 4.69) is 44.5 Å². The Morgan fingerprint density at radius 1 is 1.17 bits per heavy atom. The SMILES string of the molecule is Cc1cccc2cc([C@H](c3nnnn3C3CCCC3)N3CCC[C@@H](C)C3)c(=O)[nH]c12. The van der Waals surface area contributed by atoms with E-state index in [4.69, 9.17) is 0 Å². The third-order valence-corrected chi connectivity index (χ3v) is 6.90. The van der Waals surface area contributed by atoms with Crippen LogP contribution in [0, 0.1) is 12.8 Å². The summed E-state index contributed by atoms with van der Waals surface area (Å²) in [5.74, 6) is 1.41. The van der Waals surface area contributed by atoms with Crippen molar-refractivity contribution in [3.8, 4) is 0 Å². The maximum Gasteiger partial charge on any atom is 0.253 e. The van der Waals surface area contributed by atoms with Gasteiger partial charge in [-0.25, -0.2) is 4.68 Å². The zero-order valence-corrected chi connectivity index (χ0v) is 17.8.